The van der Waals surface area contributed by atoms with E-state index in [0.29, 0.717) is 12.4 Å². The highest BCUT2D eigenvalue weighted by molar-refractivity contribution is 5.85. The third-order valence-electron chi connectivity index (χ3n) is 3.46. The van der Waals surface area contributed by atoms with E-state index in [0.717, 1.165) is 25.7 Å². The third kappa shape index (κ3) is 5.18. The molecule has 0 saturated carbocycles. The normalized spacial score (nSPS) is 18.8. The van der Waals surface area contributed by atoms with E-state index in [-0.39, 0.29) is 5.92 Å². The Hall–Kier alpha value is -0.890. The predicted molar refractivity (Wildman–Crippen MR) is 75.6 cm³/mol. The molecule has 0 aromatic rings. The Kier molecular flexibility index (Phi) is 7.66. The lowest BCUT2D eigenvalue weighted by atomic mass is 9.86. The lowest BCUT2D eigenvalue weighted by Gasteiger charge is -2.19. The fourth-order valence-electron chi connectivity index (χ4n) is 2.36. The zero-order valence-electron chi connectivity index (χ0n) is 11.8. The number of ether oxygens (including phenoxy) is 1. The molecule has 0 saturated heterocycles. The lowest BCUT2D eigenvalue weighted by Crippen LogP contribution is -2.17. The number of carbonyl (C=O) groups is 1. The van der Waals surface area contributed by atoms with Crippen LogP contribution in [0.25, 0.3) is 0 Å². The summed E-state index contributed by atoms with van der Waals surface area (Å²) in [6, 6.07) is 0. The maximum absolute atomic E-state index is 12.2. The molecule has 1 aliphatic rings. The van der Waals surface area contributed by atoms with Crippen LogP contribution >= 0.6 is 0 Å². The van der Waals surface area contributed by atoms with E-state index in [9.17, 15) is 4.79 Å². The molecule has 2 heteroatoms. The number of Topliss-reactive ketones (excluding diaryl/α,β-unsaturated/α-hetero) is 1. The van der Waals surface area contributed by atoms with Crippen LogP contribution < -0.4 is 0 Å². The molecule has 0 bridgehead atoms. The lowest BCUT2D eigenvalue weighted by molar-refractivity contribution is -0.120. The molecule has 1 aliphatic carbocycles. The second kappa shape index (κ2) is 9.09. The Morgan fingerprint density at radius 2 is 2.22 bits per heavy atom. The summed E-state index contributed by atoms with van der Waals surface area (Å²) < 4.78 is 5.11. The van der Waals surface area contributed by atoms with Crippen molar-refractivity contribution in [2.45, 2.75) is 51.9 Å². The predicted octanol–water partition coefficient (Wildman–Crippen LogP) is 4.06. The van der Waals surface area contributed by atoms with Gasteiger partial charge in [0.25, 0.3) is 0 Å². The summed E-state index contributed by atoms with van der Waals surface area (Å²) >= 11 is 0. The molecule has 102 valence electrons. The second-order valence-corrected chi connectivity index (χ2v) is 4.94. The molecule has 2 nitrogen and oxygen atoms in total. The zero-order valence-corrected chi connectivity index (χ0v) is 11.8. The number of ketones is 1. The summed E-state index contributed by atoms with van der Waals surface area (Å²) in [6.45, 7) is 2.90. The molecule has 1 unspecified atom stereocenters. The van der Waals surface area contributed by atoms with Crippen molar-refractivity contribution in [1.82, 2.24) is 0 Å². The van der Waals surface area contributed by atoms with Gasteiger partial charge < -0.3 is 4.74 Å². The van der Waals surface area contributed by atoms with Gasteiger partial charge in [0, 0.05) is 20.1 Å². The first-order valence-corrected chi connectivity index (χ1v) is 7.16. The molecule has 0 spiro atoms. The van der Waals surface area contributed by atoms with Crippen LogP contribution in [0.2, 0.25) is 0 Å². The molecule has 0 heterocycles. The molecule has 0 aromatic carbocycles. The fourth-order valence-corrected chi connectivity index (χ4v) is 2.36. The molecule has 0 fully saturated rings. The summed E-state index contributed by atoms with van der Waals surface area (Å²) in [5.74, 6) is 0.403. The van der Waals surface area contributed by atoms with Crippen LogP contribution in [0.15, 0.2) is 23.8 Å². The number of allylic oxidation sites excluding steroid dienone is 3. The monoisotopic (exact) mass is 250 g/mol. The largest absolute Gasteiger partial charge is 0.384 e. The van der Waals surface area contributed by atoms with Crippen molar-refractivity contribution in [2.75, 3.05) is 13.7 Å². The minimum absolute atomic E-state index is 0.0236. The quantitative estimate of drug-likeness (QED) is 0.455. The van der Waals surface area contributed by atoms with Crippen LogP contribution in [0, 0.1) is 5.92 Å². The van der Waals surface area contributed by atoms with E-state index in [2.05, 4.69) is 25.2 Å². The summed E-state index contributed by atoms with van der Waals surface area (Å²) in [6.07, 6.45) is 13.6. The minimum atomic E-state index is 0.0236. The molecule has 0 amide bonds. The summed E-state index contributed by atoms with van der Waals surface area (Å²) in [7, 11) is 1.71. The van der Waals surface area contributed by atoms with Crippen molar-refractivity contribution in [2.24, 2.45) is 5.92 Å². The Morgan fingerprint density at radius 1 is 1.39 bits per heavy atom. The number of carbonyl (C=O) groups excluding carboxylic acids is 1. The molecule has 0 aromatic heterocycles. The average molecular weight is 250 g/mol. The topological polar surface area (TPSA) is 26.3 Å². The summed E-state index contributed by atoms with van der Waals surface area (Å²) in [4.78, 5) is 12.2. The first-order valence-electron chi connectivity index (χ1n) is 7.16. The first kappa shape index (κ1) is 15.2. The van der Waals surface area contributed by atoms with Crippen molar-refractivity contribution in [3.8, 4) is 0 Å². The highest BCUT2D eigenvalue weighted by atomic mass is 16.5. The smallest absolute Gasteiger partial charge is 0.143 e. The van der Waals surface area contributed by atoms with E-state index in [4.69, 9.17) is 4.74 Å². The van der Waals surface area contributed by atoms with Crippen LogP contribution in [0.3, 0.4) is 0 Å². The number of rotatable bonds is 9. The molecule has 0 aliphatic heterocycles. The molecular weight excluding hydrogens is 224 g/mol. The van der Waals surface area contributed by atoms with Gasteiger partial charge in [-0.1, -0.05) is 50.0 Å². The molecular formula is C16H26O2. The van der Waals surface area contributed by atoms with Gasteiger partial charge in [-0.05, 0) is 19.3 Å². The summed E-state index contributed by atoms with van der Waals surface area (Å²) in [5.41, 5.74) is 1.25. The zero-order chi connectivity index (χ0) is 13.2. The van der Waals surface area contributed by atoms with Gasteiger partial charge in [0.2, 0.25) is 0 Å². The van der Waals surface area contributed by atoms with Gasteiger partial charge in [0.1, 0.15) is 5.78 Å². The van der Waals surface area contributed by atoms with Crippen molar-refractivity contribution in [1.29, 1.82) is 0 Å². The van der Waals surface area contributed by atoms with Crippen LogP contribution in [-0.2, 0) is 9.53 Å². The van der Waals surface area contributed by atoms with Gasteiger partial charge in [0.15, 0.2) is 0 Å². The van der Waals surface area contributed by atoms with Crippen LogP contribution in [-0.4, -0.2) is 19.5 Å². The Morgan fingerprint density at radius 3 is 2.94 bits per heavy atom. The van der Waals surface area contributed by atoms with Crippen molar-refractivity contribution in [3.63, 3.8) is 0 Å². The molecule has 1 atom stereocenters. The van der Waals surface area contributed by atoms with E-state index < -0.39 is 0 Å². The Labute approximate surface area is 111 Å². The van der Waals surface area contributed by atoms with E-state index >= 15 is 0 Å². The molecule has 0 N–H and O–H groups in total. The van der Waals surface area contributed by atoms with Gasteiger partial charge in [-0.2, -0.15) is 0 Å². The number of unbranched alkanes of at least 4 members (excludes halogenated alkanes) is 3. The molecule has 1 rings (SSSR count). The van der Waals surface area contributed by atoms with E-state index in [1.807, 2.05) is 0 Å². The van der Waals surface area contributed by atoms with E-state index in [1.54, 1.807) is 7.11 Å². The minimum Gasteiger partial charge on any atom is -0.384 e. The highest BCUT2D eigenvalue weighted by Gasteiger charge is 2.20. The average Bonchev–Trinajstić information content (AvgIpc) is 2.41. The SMILES string of the molecule is CCCCCCC(=O)C1C=CCC=C1CCOC. The maximum atomic E-state index is 12.2. The van der Waals surface area contributed by atoms with Crippen molar-refractivity contribution in [3.05, 3.63) is 23.8 Å². The van der Waals surface area contributed by atoms with Gasteiger partial charge in [0.05, 0.1) is 5.92 Å². The fraction of sp³-hybridized carbons (Fsp3) is 0.688. The highest BCUT2D eigenvalue weighted by Crippen LogP contribution is 2.24. The Bertz CT molecular complexity index is 302. The van der Waals surface area contributed by atoms with Crippen molar-refractivity contribution >= 4 is 5.78 Å². The van der Waals surface area contributed by atoms with Gasteiger partial charge in [-0.3, -0.25) is 4.79 Å². The third-order valence-corrected chi connectivity index (χ3v) is 3.46. The number of hydrogen-bond donors (Lipinski definition) is 0. The molecule has 18 heavy (non-hydrogen) atoms. The van der Waals surface area contributed by atoms with Crippen LogP contribution in [0.5, 0.6) is 0 Å². The Balaban J connectivity index is 2.40. The maximum Gasteiger partial charge on any atom is 0.143 e. The van der Waals surface area contributed by atoms with Gasteiger partial charge in [-0.25, -0.2) is 0 Å². The van der Waals surface area contributed by atoms with Gasteiger partial charge in [-0.15, -0.1) is 0 Å². The summed E-state index contributed by atoms with van der Waals surface area (Å²) in [5, 5.41) is 0. The van der Waals surface area contributed by atoms with Crippen LogP contribution in [0.1, 0.15) is 51.9 Å². The van der Waals surface area contributed by atoms with E-state index in [1.165, 1.54) is 24.8 Å². The molecule has 0 radical (unpaired) electrons. The number of methoxy groups -OCH3 is 1. The standard InChI is InChI=1S/C16H26O2/c1-3-4-5-6-11-16(17)15-10-8-7-9-14(15)12-13-18-2/h8-10,15H,3-7,11-13H2,1-2H3. The number of hydrogen-bond acceptors (Lipinski definition) is 2. The van der Waals surface area contributed by atoms with Crippen molar-refractivity contribution < 1.29 is 9.53 Å². The second-order valence-electron chi connectivity index (χ2n) is 4.94. The van der Waals surface area contributed by atoms with Crippen LogP contribution in [0.4, 0.5) is 0 Å². The first-order chi connectivity index (χ1) is 8.79. The van der Waals surface area contributed by atoms with Gasteiger partial charge >= 0.3 is 0 Å².